The van der Waals surface area contributed by atoms with Crippen LogP contribution >= 0.6 is 22.6 Å². The monoisotopic (exact) mass is 274 g/mol. The number of hydrogen-bond acceptors (Lipinski definition) is 2. The Hall–Kier alpha value is -0.320. The lowest BCUT2D eigenvalue weighted by atomic mass is 10.0. The molecular formula is C9H11IN2. The van der Waals surface area contributed by atoms with Crippen LogP contribution in [0.2, 0.25) is 0 Å². The SMILES string of the molecule is CC1(c2cc(N)cc(I)n2)CC1. The Morgan fingerprint density at radius 2 is 2.17 bits per heavy atom. The Labute approximate surface area is 85.7 Å². The molecule has 1 aliphatic carbocycles. The molecule has 1 aliphatic rings. The van der Waals surface area contributed by atoms with Crippen molar-refractivity contribution in [2.75, 3.05) is 5.73 Å². The molecular weight excluding hydrogens is 263 g/mol. The van der Waals surface area contributed by atoms with Crippen molar-refractivity contribution in [3.63, 3.8) is 0 Å². The number of anilines is 1. The molecule has 0 aromatic carbocycles. The maximum Gasteiger partial charge on any atom is 0.103 e. The van der Waals surface area contributed by atoms with Crippen molar-refractivity contribution in [2.45, 2.75) is 25.2 Å². The minimum atomic E-state index is 0.329. The van der Waals surface area contributed by atoms with Crippen molar-refractivity contribution in [3.8, 4) is 0 Å². The Morgan fingerprint density at radius 3 is 2.67 bits per heavy atom. The first-order chi connectivity index (χ1) is 5.60. The average molecular weight is 274 g/mol. The number of rotatable bonds is 1. The van der Waals surface area contributed by atoms with E-state index in [-0.39, 0.29) is 0 Å². The molecule has 0 aliphatic heterocycles. The van der Waals surface area contributed by atoms with Gasteiger partial charge in [0.2, 0.25) is 0 Å². The molecule has 3 heteroatoms. The van der Waals surface area contributed by atoms with Gasteiger partial charge >= 0.3 is 0 Å². The maximum absolute atomic E-state index is 5.74. The molecule has 0 spiro atoms. The number of hydrogen-bond donors (Lipinski definition) is 1. The standard InChI is InChI=1S/C9H11IN2/c1-9(2-3-9)7-4-6(11)5-8(10)12-7/h4-5H,2-3H2,1H3,(H2,11,12). The Balaban J connectivity index is 2.44. The van der Waals surface area contributed by atoms with Gasteiger partial charge < -0.3 is 5.73 Å². The summed E-state index contributed by atoms with van der Waals surface area (Å²) in [4.78, 5) is 4.47. The van der Waals surface area contributed by atoms with Crippen LogP contribution in [0, 0.1) is 3.70 Å². The van der Waals surface area contributed by atoms with E-state index < -0.39 is 0 Å². The Morgan fingerprint density at radius 1 is 1.50 bits per heavy atom. The van der Waals surface area contributed by atoms with E-state index in [9.17, 15) is 0 Å². The van der Waals surface area contributed by atoms with Crippen LogP contribution in [0.15, 0.2) is 12.1 Å². The third-order valence-electron chi connectivity index (χ3n) is 2.43. The molecule has 0 radical (unpaired) electrons. The van der Waals surface area contributed by atoms with E-state index in [1.54, 1.807) is 0 Å². The van der Waals surface area contributed by atoms with E-state index in [1.165, 1.54) is 12.8 Å². The number of halogens is 1. The molecule has 1 aromatic heterocycles. The van der Waals surface area contributed by atoms with Crippen molar-refractivity contribution >= 4 is 28.3 Å². The van der Waals surface area contributed by atoms with Gasteiger partial charge in [-0.1, -0.05) is 6.92 Å². The molecule has 1 fully saturated rings. The summed E-state index contributed by atoms with van der Waals surface area (Å²) in [6.45, 7) is 2.24. The van der Waals surface area contributed by atoms with Gasteiger partial charge in [-0.25, -0.2) is 4.98 Å². The van der Waals surface area contributed by atoms with Gasteiger partial charge in [-0.3, -0.25) is 0 Å². The second-order valence-corrected chi connectivity index (χ2v) is 4.77. The zero-order valence-electron chi connectivity index (χ0n) is 6.97. The topological polar surface area (TPSA) is 38.9 Å². The van der Waals surface area contributed by atoms with Crippen LogP contribution in [0.3, 0.4) is 0 Å². The van der Waals surface area contributed by atoms with Gasteiger partial charge in [-0.2, -0.15) is 0 Å². The van der Waals surface area contributed by atoms with E-state index in [0.717, 1.165) is 15.1 Å². The average Bonchev–Trinajstić information content (AvgIpc) is 2.67. The smallest absolute Gasteiger partial charge is 0.103 e. The Bertz CT molecular complexity index is 298. The molecule has 0 atom stereocenters. The van der Waals surface area contributed by atoms with E-state index in [1.807, 2.05) is 12.1 Å². The highest BCUT2D eigenvalue weighted by molar-refractivity contribution is 14.1. The van der Waals surface area contributed by atoms with E-state index >= 15 is 0 Å². The largest absolute Gasteiger partial charge is 0.399 e. The first-order valence-corrected chi connectivity index (χ1v) is 5.12. The lowest BCUT2D eigenvalue weighted by molar-refractivity contribution is 0.747. The summed E-state index contributed by atoms with van der Waals surface area (Å²) < 4.78 is 0.996. The first-order valence-electron chi connectivity index (χ1n) is 4.04. The van der Waals surface area contributed by atoms with E-state index in [2.05, 4.69) is 34.5 Å². The predicted molar refractivity (Wildman–Crippen MR) is 58.0 cm³/mol. The second-order valence-electron chi connectivity index (χ2n) is 3.67. The van der Waals surface area contributed by atoms with Gasteiger partial charge in [0.15, 0.2) is 0 Å². The molecule has 0 amide bonds. The molecule has 0 unspecified atom stereocenters. The highest BCUT2D eigenvalue weighted by Crippen LogP contribution is 2.47. The van der Waals surface area contributed by atoms with Gasteiger partial charge in [0, 0.05) is 16.8 Å². The minimum absolute atomic E-state index is 0.329. The maximum atomic E-state index is 5.74. The third-order valence-corrected chi connectivity index (χ3v) is 2.99. The summed E-state index contributed by atoms with van der Waals surface area (Å²) in [7, 11) is 0. The van der Waals surface area contributed by atoms with Crippen LogP contribution in [0.25, 0.3) is 0 Å². The van der Waals surface area contributed by atoms with Gasteiger partial charge in [0.1, 0.15) is 3.70 Å². The highest BCUT2D eigenvalue weighted by Gasteiger charge is 2.40. The fourth-order valence-corrected chi connectivity index (χ4v) is 1.89. The fourth-order valence-electron chi connectivity index (χ4n) is 1.27. The fraction of sp³-hybridized carbons (Fsp3) is 0.444. The summed E-state index contributed by atoms with van der Waals surface area (Å²) in [5.74, 6) is 0. The molecule has 1 heterocycles. The van der Waals surface area contributed by atoms with Crippen LogP contribution in [0.4, 0.5) is 5.69 Å². The lowest BCUT2D eigenvalue weighted by Gasteiger charge is -2.08. The number of nitrogens with zero attached hydrogens (tertiary/aromatic N) is 1. The number of nitrogen functional groups attached to an aromatic ring is 1. The van der Waals surface area contributed by atoms with Gasteiger partial charge in [-0.15, -0.1) is 0 Å². The van der Waals surface area contributed by atoms with Gasteiger partial charge in [-0.05, 0) is 47.6 Å². The molecule has 2 nitrogen and oxygen atoms in total. The predicted octanol–water partition coefficient (Wildman–Crippen LogP) is 2.32. The molecule has 1 aromatic rings. The molecule has 2 rings (SSSR count). The summed E-state index contributed by atoms with van der Waals surface area (Å²) in [5.41, 5.74) is 8.06. The summed E-state index contributed by atoms with van der Waals surface area (Å²) in [5, 5.41) is 0. The minimum Gasteiger partial charge on any atom is -0.399 e. The van der Waals surface area contributed by atoms with Crippen molar-refractivity contribution < 1.29 is 0 Å². The molecule has 0 bridgehead atoms. The Kier molecular flexibility index (Phi) is 1.78. The van der Waals surface area contributed by atoms with Crippen molar-refractivity contribution in [1.29, 1.82) is 0 Å². The number of aromatic nitrogens is 1. The first kappa shape index (κ1) is 8.29. The summed E-state index contributed by atoms with van der Waals surface area (Å²) in [6.07, 6.45) is 2.50. The van der Waals surface area contributed by atoms with Crippen molar-refractivity contribution in [3.05, 3.63) is 21.5 Å². The van der Waals surface area contributed by atoms with Gasteiger partial charge in [0.05, 0.1) is 0 Å². The van der Waals surface area contributed by atoms with Crippen LogP contribution in [-0.2, 0) is 5.41 Å². The quantitative estimate of drug-likeness (QED) is 0.630. The molecule has 12 heavy (non-hydrogen) atoms. The summed E-state index contributed by atoms with van der Waals surface area (Å²) >= 11 is 2.21. The van der Waals surface area contributed by atoms with Gasteiger partial charge in [0.25, 0.3) is 0 Å². The van der Waals surface area contributed by atoms with Crippen LogP contribution in [0.5, 0.6) is 0 Å². The van der Waals surface area contributed by atoms with E-state index in [0.29, 0.717) is 5.41 Å². The summed E-state index contributed by atoms with van der Waals surface area (Å²) in [6, 6.07) is 3.89. The van der Waals surface area contributed by atoms with E-state index in [4.69, 9.17) is 5.73 Å². The molecule has 64 valence electrons. The molecule has 1 saturated carbocycles. The van der Waals surface area contributed by atoms with Crippen molar-refractivity contribution in [1.82, 2.24) is 4.98 Å². The van der Waals surface area contributed by atoms with Crippen LogP contribution in [-0.4, -0.2) is 4.98 Å². The highest BCUT2D eigenvalue weighted by atomic mass is 127. The van der Waals surface area contributed by atoms with Crippen LogP contribution < -0.4 is 5.73 Å². The second kappa shape index (κ2) is 2.58. The molecule has 2 N–H and O–H groups in total. The number of nitrogens with two attached hydrogens (primary N) is 1. The zero-order chi connectivity index (χ0) is 8.77. The van der Waals surface area contributed by atoms with Crippen LogP contribution in [0.1, 0.15) is 25.5 Å². The lowest BCUT2D eigenvalue weighted by Crippen LogP contribution is -2.05. The van der Waals surface area contributed by atoms with Crippen molar-refractivity contribution in [2.24, 2.45) is 0 Å². The number of pyridine rings is 1. The third kappa shape index (κ3) is 1.42. The normalized spacial score (nSPS) is 19.2. The zero-order valence-corrected chi connectivity index (χ0v) is 9.13. The molecule has 0 saturated heterocycles.